The number of carboxylic acids is 2. The number of hydrogen-bond acceptors (Lipinski definition) is 9. The van der Waals surface area contributed by atoms with Crippen molar-refractivity contribution in [2.45, 2.75) is 69.3 Å². The topological polar surface area (TPSA) is 234 Å². The first-order valence-electron chi connectivity index (χ1n) is 10.4. The monoisotopic (exact) mass is 493 g/mol. The molecule has 0 saturated carbocycles. The van der Waals surface area contributed by atoms with E-state index in [1.807, 2.05) is 5.32 Å². The Balaban J connectivity index is 5.31. The number of carbonyl (C=O) groups is 5. The van der Waals surface area contributed by atoms with Crippen LogP contribution in [0.2, 0.25) is 0 Å². The van der Waals surface area contributed by atoms with Crippen LogP contribution >= 0.6 is 11.8 Å². The quantitative estimate of drug-likeness (QED) is 0.0993. The lowest BCUT2D eigenvalue weighted by atomic mass is 10.1. The zero-order chi connectivity index (χ0) is 25.6. The van der Waals surface area contributed by atoms with E-state index < -0.39 is 66.4 Å². The van der Waals surface area contributed by atoms with Crippen LogP contribution in [-0.4, -0.2) is 93.8 Å². The molecule has 0 saturated heterocycles. The average molecular weight is 494 g/mol. The zero-order valence-corrected chi connectivity index (χ0v) is 19.6. The van der Waals surface area contributed by atoms with Crippen molar-refractivity contribution in [3.63, 3.8) is 0 Å². The highest BCUT2D eigenvalue weighted by molar-refractivity contribution is 7.98. The minimum absolute atomic E-state index is 0.208. The summed E-state index contributed by atoms with van der Waals surface area (Å²) in [5.41, 5.74) is 11.3. The van der Waals surface area contributed by atoms with Crippen LogP contribution in [0.3, 0.4) is 0 Å². The molecule has 3 amide bonds. The highest BCUT2D eigenvalue weighted by Gasteiger charge is 2.33. The Bertz CT molecular complexity index is 679. The average Bonchev–Trinajstić information content (AvgIpc) is 2.73. The minimum Gasteiger partial charge on any atom is -0.481 e. The van der Waals surface area contributed by atoms with Gasteiger partial charge in [0.25, 0.3) is 0 Å². The molecular weight excluding hydrogens is 458 g/mol. The fourth-order valence-electron chi connectivity index (χ4n) is 2.72. The first kappa shape index (κ1) is 30.6. The fraction of sp³-hybridized carbons (Fsp3) is 0.737. The number of nitrogens with one attached hydrogen (secondary N) is 3. The summed E-state index contributed by atoms with van der Waals surface area (Å²) in [4.78, 5) is 59.7. The predicted molar refractivity (Wildman–Crippen MR) is 121 cm³/mol. The molecule has 0 aromatic carbocycles. The van der Waals surface area contributed by atoms with Crippen LogP contribution in [-0.2, 0) is 24.0 Å². The van der Waals surface area contributed by atoms with Gasteiger partial charge in [0.05, 0.1) is 18.6 Å². The van der Waals surface area contributed by atoms with Gasteiger partial charge in [0, 0.05) is 0 Å². The molecule has 0 radical (unpaired) electrons. The molecule has 0 rings (SSSR count). The number of thioether (sulfide) groups is 1. The molecule has 0 aliphatic heterocycles. The smallest absolute Gasteiger partial charge is 0.326 e. The Kier molecular flexibility index (Phi) is 15.0. The summed E-state index contributed by atoms with van der Waals surface area (Å²) in [5.74, 6) is -4.97. The molecule has 13 nitrogen and oxygen atoms in total. The van der Waals surface area contributed by atoms with Crippen molar-refractivity contribution in [1.82, 2.24) is 16.0 Å². The second kappa shape index (κ2) is 16.2. The van der Waals surface area contributed by atoms with E-state index in [4.69, 9.17) is 21.7 Å². The van der Waals surface area contributed by atoms with Gasteiger partial charge in [0.2, 0.25) is 17.7 Å². The van der Waals surface area contributed by atoms with Crippen LogP contribution in [0.1, 0.15) is 39.0 Å². The maximum Gasteiger partial charge on any atom is 0.326 e. The number of nitrogens with two attached hydrogens (primary N) is 2. The molecule has 33 heavy (non-hydrogen) atoms. The van der Waals surface area contributed by atoms with Gasteiger partial charge in [-0.2, -0.15) is 11.8 Å². The number of rotatable bonds is 17. The molecule has 5 unspecified atom stereocenters. The van der Waals surface area contributed by atoms with Crippen molar-refractivity contribution < 1.29 is 39.3 Å². The summed E-state index contributed by atoms with van der Waals surface area (Å²) < 4.78 is 0. The van der Waals surface area contributed by atoms with E-state index in [0.717, 1.165) is 0 Å². The number of aliphatic hydroxyl groups excluding tert-OH is 1. The first-order chi connectivity index (χ1) is 15.4. The molecular formula is C19H35N5O8S. The molecule has 0 aromatic rings. The third-order valence-corrected chi connectivity index (χ3v) is 5.25. The first-order valence-corrected chi connectivity index (χ1v) is 11.8. The second-order valence-electron chi connectivity index (χ2n) is 7.46. The lowest BCUT2D eigenvalue weighted by Gasteiger charge is -2.26. The molecule has 0 heterocycles. The van der Waals surface area contributed by atoms with Crippen molar-refractivity contribution >= 4 is 41.4 Å². The third-order valence-electron chi connectivity index (χ3n) is 4.61. The Hall–Kier alpha value is -2.42. The van der Waals surface area contributed by atoms with Gasteiger partial charge >= 0.3 is 11.9 Å². The van der Waals surface area contributed by atoms with Crippen LogP contribution < -0.4 is 27.4 Å². The number of carboxylic acid groups (broad SMARTS) is 2. The molecule has 0 bridgehead atoms. The predicted octanol–water partition coefficient (Wildman–Crippen LogP) is -2.41. The van der Waals surface area contributed by atoms with Gasteiger partial charge in [0.1, 0.15) is 18.1 Å². The largest absolute Gasteiger partial charge is 0.481 e. The number of aliphatic carboxylic acids is 2. The number of hydrogen-bond donors (Lipinski definition) is 8. The van der Waals surface area contributed by atoms with Crippen LogP contribution in [0.5, 0.6) is 0 Å². The SMILES string of the molecule is CSCCC(NC(=O)C(N)CCCCN)C(=O)NC(C(=O)NC(CC(=O)O)C(=O)O)C(C)O. The Morgan fingerprint density at radius 3 is 2.00 bits per heavy atom. The highest BCUT2D eigenvalue weighted by atomic mass is 32.2. The summed E-state index contributed by atoms with van der Waals surface area (Å²) in [6.07, 6.45) is 1.38. The van der Waals surface area contributed by atoms with E-state index >= 15 is 0 Å². The van der Waals surface area contributed by atoms with Crippen LogP contribution in [0.4, 0.5) is 0 Å². The minimum atomic E-state index is -1.76. The van der Waals surface area contributed by atoms with Gasteiger partial charge in [-0.3, -0.25) is 19.2 Å². The van der Waals surface area contributed by atoms with E-state index in [9.17, 15) is 29.1 Å². The number of aliphatic hydroxyl groups is 1. The van der Waals surface area contributed by atoms with E-state index in [-0.39, 0.29) is 6.42 Å². The molecule has 0 aromatic heterocycles. The van der Waals surface area contributed by atoms with Gasteiger partial charge < -0.3 is 42.7 Å². The highest BCUT2D eigenvalue weighted by Crippen LogP contribution is 2.06. The van der Waals surface area contributed by atoms with Crippen LogP contribution in [0.15, 0.2) is 0 Å². The molecule has 0 fully saturated rings. The second-order valence-corrected chi connectivity index (χ2v) is 8.44. The lowest BCUT2D eigenvalue weighted by Crippen LogP contribution is -2.60. The molecule has 10 N–H and O–H groups in total. The molecule has 190 valence electrons. The van der Waals surface area contributed by atoms with Crippen molar-refractivity contribution in [2.75, 3.05) is 18.6 Å². The zero-order valence-electron chi connectivity index (χ0n) is 18.8. The van der Waals surface area contributed by atoms with E-state index in [1.165, 1.54) is 18.7 Å². The molecule has 0 aliphatic rings. The summed E-state index contributed by atoms with van der Waals surface area (Å²) in [5, 5.41) is 34.7. The third kappa shape index (κ3) is 12.4. The normalized spacial score (nSPS) is 15.4. The van der Waals surface area contributed by atoms with Crippen LogP contribution in [0, 0.1) is 0 Å². The number of amides is 3. The van der Waals surface area contributed by atoms with E-state index in [2.05, 4.69) is 10.6 Å². The standard InChI is InChI=1S/C19H35N5O8S/c1-10(25)15(18(30)23-13(19(31)32)9-14(26)27)24-17(29)12(6-8-33-2)22-16(28)11(21)5-3-4-7-20/h10-13,15,25H,3-9,20-21H2,1-2H3,(H,22,28)(H,23,30)(H,24,29)(H,26,27)(H,31,32). The molecule has 14 heteroatoms. The van der Waals surface area contributed by atoms with Crippen molar-refractivity contribution in [1.29, 1.82) is 0 Å². The fourth-order valence-corrected chi connectivity index (χ4v) is 3.19. The summed E-state index contributed by atoms with van der Waals surface area (Å²) in [7, 11) is 0. The lowest BCUT2D eigenvalue weighted by molar-refractivity contribution is -0.148. The molecule has 5 atom stereocenters. The summed E-state index contributed by atoms with van der Waals surface area (Å²) in [6, 6.07) is -5.26. The summed E-state index contributed by atoms with van der Waals surface area (Å²) >= 11 is 1.42. The van der Waals surface area contributed by atoms with Crippen molar-refractivity contribution in [3.05, 3.63) is 0 Å². The Labute approximate surface area is 196 Å². The molecule has 0 spiro atoms. The maximum absolute atomic E-state index is 12.8. The molecule has 0 aliphatic carbocycles. The Morgan fingerprint density at radius 2 is 1.52 bits per heavy atom. The van der Waals surface area contributed by atoms with E-state index in [1.54, 1.807) is 6.26 Å². The van der Waals surface area contributed by atoms with Gasteiger partial charge in [-0.1, -0.05) is 6.42 Å². The summed E-state index contributed by atoms with van der Waals surface area (Å²) in [6.45, 7) is 1.66. The van der Waals surface area contributed by atoms with Crippen molar-refractivity contribution in [2.24, 2.45) is 11.5 Å². The number of unbranched alkanes of at least 4 members (excludes halogenated alkanes) is 1. The van der Waals surface area contributed by atoms with Gasteiger partial charge in [-0.05, 0) is 44.7 Å². The van der Waals surface area contributed by atoms with Crippen LogP contribution in [0.25, 0.3) is 0 Å². The van der Waals surface area contributed by atoms with Gasteiger partial charge in [-0.25, -0.2) is 4.79 Å². The Morgan fingerprint density at radius 1 is 0.909 bits per heavy atom. The van der Waals surface area contributed by atoms with Gasteiger partial charge in [0.15, 0.2) is 0 Å². The van der Waals surface area contributed by atoms with Gasteiger partial charge in [-0.15, -0.1) is 0 Å². The van der Waals surface area contributed by atoms with E-state index in [0.29, 0.717) is 31.6 Å². The number of carbonyl (C=O) groups excluding carboxylic acids is 3. The maximum atomic E-state index is 12.8. The van der Waals surface area contributed by atoms with Crippen molar-refractivity contribution in [3.8, 4) is 0 Å².